The molecule has 0 radical (unpaired) electrons. The van der Waals surface area contributed by atoms with Crippen LogP contribution in [0, 0.1) is 10.1 Å². The van der Waals surface area contributed by atoms with Crippen LogP contribution in [-0.4, -0.2) is 22.8 Å². The number of halogens is 1. The Kier molecular flexibility index (Phi) is 6.46. The van der Waals surface area contributed by atoms with E-state index in [1.54, 1.807) is 6.21 Å². The Balaban J connectivity index is 1.75. The van der Waals surface area contributed by atoms with E-state index in [4.69, 9.17) is 11.6 Å². The summed E-state index contributed by atoms with van der Waals surface area (Å²) in [5, 5.41) is 20.7. The fraction of sp³-hybridized carbons (Fsp3) is 0.136. The van der Waals surface area contributed by atoms with E-state index < -0.39 is 4.92 Å². The SMILES string of the molecule is CCN(Cc1ccccc1)c1ccc(C=Nc2cc(Cl)c([N+](=O)[O-])cc2O)cc1. The van der Waals surface area contributed by atoms with Gasteiger partial charge in [-0.15, -0.1) is 0 Å². The number of phenolic OH excluding ortho intramolecular Hbond substituents is 1. The summed E-state index contributed by atoms with van der Waals surface area (Å²) in [5.41, 5.74) is 2.98. The number of hydrogen-bond donors (Lipinski definition) is 1. The van der Waals surface area contributed by atoms with E-state index in [9.17, 15) is 15.2 Å². The summed E-state index contributed by atoms with van der Waals surface area (Å²) in [6.07, 6.45) is 1.58. The maximum absolute atomic E-state index is 10.9. The van der Waals surface area contributed by atoms with E-state index >= 15 is 0 Å². The van der Waals surface area contributed by atoms with Crippen molar-refractivity contribution in [3.8, 4) is 5.75 Å². The molecule has 1 N–H and O–H groups in total. The Bertz CT molecular complexity index is 1020. The maximum Gasteiger partial charge on any atom is 0.291 e. The molecule has 6 nitrogen and oxygen atoms in total. The minimum atomic E-state index is -0.650. The number of aromatic hydroxyl groups is 1. The van der Waals surface area contributed by atoms with Crippen molar-refractivity contribution in [1.29, 1.82) is 0 Å². The smallest absolute Gasteiger partial charge is 0.291 e. The number of hydrogen-bond acceptors (Lipinski definition) is 5. The number of nitro benzene ring substituents is 1. The molecular weight excluding hydrogens is 390 g/mol. The van der Waals surface area contributed by atoms with Crippen LogP contribution in [0.3, 0.4) is 0 Å². The highest BCUT2D eigenvalue weighted by Crippen LogP contribution is 2.36. The quantitative estimate of drug-likeness (QED) is 0.307. The third-order valence-corrected chi connectivity index (χ3v) is 4.75. The van der Waals surface area contributed by atoms with Crippen LogP contribution in [0.15, 0.2) is 71.7 Å². The standard InChI is InChI=1S/C22H20ClN3O3/c1-2-25(15-17-6-4-3-5-7-17)18-10-8-16(9-11-18)14-24-20-12-19(23)21(26(28)29)13-22(20)27/h3-14,27H,2,15H2,1H3. The van der Waals surface area contributed by atoms with Crippen molar-refractivity contribution < 1.29 is 10.0 Å². The molecule has 29 heavy (non-hydrogen) atoms. The zero-order chi connectivity index (χ0) is 20.8. The summed E-state index contributed by atoms with van der Waals surface area (Å²) in [6.45, 7) is 3.80. The number of nitrogens with zero attached hydrogens (tertiary/aromatic N) is 3. The van der Waals surface area contributed by atoms with Crippen LogP contribution in [0.2, 0.25) is 5.02 Å². The highest BCUT2D eigenvalue weighted by Gasteiger charge is 2.16. The first-order valence-corrected chi connectivity index (χ1v) is 9.45. The van der Waals surface area contributed by atoms with Gasteiger partial charge in [0.1, 0.15) is 16.5 Å². The summed E-state index contributed by atoms with van der Waals surface area (Å²) < 4.78 is 0. The summed E-state index contributed by atoms with van der Waals surface area (Å²) >= 11 is 5.88. The van der Waals surface area contributed by atoms with Gasteiger partial charge < -0.3 is 10.0 Å². The number of rotatable bonds is 7. The molecule has 0 fully saturated rings. The van der Waals surface area contributed by atoms with E-state index in [1.807, 2.05) is 42.5 Å². The van der Waals surface area contributed by atoms with Crippen molar-refractivity contribution >= 4 is 34.9 Å². The average molecular weight is 410 g/mol. The second-order valence-corrected chi connectivity index (χ2v) is 6.81. The summed E-state index contributed by atoms with van der Waals surface area (Å²) in [6, 6.07) is 20.4. The predicted molar refractivity (Wildman–Crippen MR) is 117 cm³/mol. The van der Waals surface area contributed by atoms with Crippen molar-refractivity contribution in [2.75, 3.05) is 11.4 Å². The van der Waals surface area contributed by atoms with Crippen LogP contribution in [0.5, 0.6) is 5.75 Å². The topological polar surface area (TPSA) is 79.0 Å². The molecule has 3 aromatic rings. The lowest BCUT2D eigenvalue weighted by molar-refractivity contribution is -0.384. The van der Waals surface area contributed by atoms with Crippen molar-refractivity contribution in [1.82, 2.24) is 0 Å². The molecule has 148 valence electrons. The van der Waals surface area contributed by atoms with Gasteiger partial charge in [-0.3, -0.25) is 15.1 Å². The largest absolute Gasteiger partial charge is 0.505 e. The highest BCUT2D eigenvalue weighted by atomic mass is 35.5. The number of phenols is 1. The van der Waals surface area contributed by atoms with Crippen LogP contribution in [0.4, 0.5) is 17.1 Å². The lowest BCUT2D eigenvalue weighted by atomic mass is 10.1. The molecule has 0 aromatic heterocycles. The lowest BCUT2D eigenvalue weighted by Gasteiger charge is -2.23. The van der Waals surface area contributed by atoms with E-state index in [2.05, 4.69) is 28.9 Å². The molecule has 0 bridgehead atoms. The molecule has 0 saturated heterocycles. The Hall–Kier alpha value is -3.38. The molecule has 3 aromatic carbocycles. The third kappa shape index (κ3) is 5.12. The molecular formula is C22H20ClN3O3. The van der Waals surface area contributed by atoms with Crippen LogP contribution >= 0.6 is 11.6 Å². The Morgan fingerprint density at radius 3 is 2.45 bits per heavy atom. The van der Waals surface area contributed by atoms with E-state index in [-0.39, 0.29) is 22.1 Å². The number of benzene rings is 3. The van der Waals surface area contributed by atoms with Crippen molar-refractivity contribution in [2.45, 2.75) is 13.5 Å². The normalized spacial score (nSPS) is 11.0. The van der Waals surface area contributed by atoms with Crippen LogP contribution in [0.1, 0.15) is 18.1 Å². The molecule has 0 saturated carbocycles. The fourth-order valence-electron chi connectivity index (χ4n) is 2.89. The zero-order valence-corrected chi connectivity index (χ0v) is 16.6. The van der Waals surface area contributed by atoms with Gasteiger partial charge in [0.25, 0.3) is 5.69 Å². The van der Waals surface area contributed by atoms with Gasteiger partial charge in [-0.1, -0.05) is 54.1 Å². The second kappa shape index (κ2) is 9.21. The molecule has 0 unspecified atom stereocenters. The fourth-order valence-corrected chi connectivity index (χ4v) is 3.12. The molecule has 0 spiro atoms. The van der Waals surface area contributed by atoms with Crippen LogP contribution in [0.25, 0.3) is 0 Å². The van der Waals surface area contributed by atoms with E-state index in [0.717, 1.165) is 30.4 Å². The van der Waals surface area contributed by atoms with Gasteiger partial charge in [0, 0.05) is 25.0 Å². The number of nitro groups is 1. The first-order valence-electron chi connectivity index (χ1n) is 9.08. The second-order valence-electron chi connectivity index (χ2n) is 6.40. The first kappa shape index (κ1) is 20.4. The van der Waals surface area contributed by atoms with Crippen LogP contribution < -0.4 is 4.90 Å². The van der Waals surface area contributed by atoms with Gasteiger partial charge in [-0.05, 0) is 36.2 Å². The minimum Gasteiger partial charge on any atom is -0.505 e. The predicted octanol–water partition coefficient (Wildman–Crippen LogP) is 5.73. The molecule has 0 atom stereocenters. The Morgan fingerprint density at radius 2 is 1.83 bits per heavy atom. The highest BCUT2D eigenvalue weighted by molar-refractivity contribution is 6.33. The van der Waals surface area contributed by atoms with Crippen molar-refractivity contribution in [3.05, 3.63) is 93.0 Å². The molecule has 0 aliphatic rings. The lowest BCUT2D eigenvalue weighted by Crippen LogP contribution is -2.21. The molecule has 0 amide bonds. The van der Waals surface area contributed by atoms with Gasteiger partial charge in [0.05, 0.1) is 11.0 Å². The Morgan fingerprint density at radius 1 is 1.14 bits per heavy atom. The Labute approximate surface area is 173 Å². The summed E-state index contributed by atoms with van der Waals surface area (Å²) in [7, 11) is 0. The number of anilines is 1. The molecule has 0 heterocycles. The van der Waals surface area contributed by atoms with Gasteiger partial charge in [-0.25, -0.2) is 0 Å². The average Bonchev–Trinajstić information content (AvgIpc) is 2.73. The van der Waals surface area contributed by atoms with Gasteiger partial charge in [0.2, 0.25) is 0 Å². The van der Waals surface area contributed by atoms with E-state index in [0.29, 0.717) is 0 Å². The van der Waals surface area contributed by atoms with Gasteiger partial charge in [0.15, 0.2) is 0 Å². The third-order valence-electron chi connectivity index (χ3n) is 4.45. The van der Waals surface area contributed by atoms with Gasteiger partial charge >= 0.3 is 0 Å². The van der Waals surface area contributed by atoms with Crippen molar-refractivity contribution in [2.24, 2.45) is 4.99 Å². The summed E-state index contributed by atoms with van der Waals surface area (Å²) in [4.78, 5) is 16.7. The van der Waals surface area contributed by atoms with E-state index in [1.165, 1.54) is 11.6 Å². The molecule has 7 heteroatoms. The first-order chi connectivity index (χ1) is 14.0. The monoisotopic (exact) mass is 409 g/mol. The molecule has 3 rings (SSSR count). The van der Waals surface area contributed by atoms with Crippen molar-refractivity contribution in [3.63, 3.8) is 0 Å². The minimum absolute atomic E-state index is 0.0743. The molecule has 0 aliphatic carbocycles. The summed E-state index contributed by atoms with van der Waals surface area (Å²) in [5.74, 6) is -0.297. The molecule has 0 aliphatic heterocycles. The van der Waals surface area contributed by atoms with Crippen LogP contribution in [-0.2, 0) is 6.54 Å². The number of aliphatic imine (C=N–C) groups is 1. The maximum atomic E-state index is 10.9. The zero-order valence-electron chi connectivity index (χ0n) is 15.8. The van der Waals surface area contributed by atoms with Gasteiger partial charge in [-0.2, -0.15) is 0 Å².